The molecule has 0 amide bonds. The van der Waals surface area contributed by atoms with Crippen LogP contribution in [0.4, 0.5) is 0 Å². The number of nitrogens with zero attached hydrogens (tertiary/aromatic N) is 1. The predicted molar refractivity (Wildman–Crippen MR) is 25.2 cm³/mol. The number of carbonyl (C=O) groups excluding carboxylic acids is 2. The largest absolute Gasteiger partial charge is 3.00 e. The van der Waals surface area contributed by atoms with Crippen molar-refractivity contribution in [2.45, 2.75) is 0 Å². The van der Waals surface area contributed by atoms with E-state index < -0.39 is 0 Å². The fourth-order valence-electron chi connectivity index (χ4n) is 0. The SMILES string of the molecule is O=O.[C-]#N.[CH-]=O.[CH-]=O.[Fe+3].[Ni]. The summed E-state index contributed by atoms with van der Waals surface area (Å²) in [6.45, 7) is 11.2. The van der Waals surface area contributed by atoms with Gasteiger partial charge in [0.25, 0.3) is 0 Å². The second kappa shape index (κ2) is 1510. The first kappa shape index (κ1) is 56.8. The molecule has 0 saturated carbocycles. The zero-order valence-corrected chi connectivity index (χ0v) is 6.50. The van der Waals surface area contributed by atoms with Crippen molar-refractivity contribution in [2.24, 2.45) is 0 Å². The molecular weight excluding hydrogens is 229 g/mol. The Bertz CT molecular complexity index is 42.0. The van der Waals surface area contributed by atoms with Crippen LogP contribution < -0.4 is 0 Å². The van der Waals surface area contributed by atoms with Crippen molar-refractivity contribution in [3.05, 3.63) is 16.5 Å². The molecule has 0 unspecified atom stereocenters. The molecule has 0 rings (SSSR count). The molecule has 0 saturated heterocycles. The molecule has 0 aromatic carbocycles. The van der Waals surface area contributed by atoms with E-state index in [0.29, 0.717) is 0 Å². The van der Waals surface area contributed by atoms with Crippen LogP contribution in [0.5, 0.6) is 0 Å². The summed E-state index contributed by atoms with van der Waals surface area (Å²) in [5, 5.41) is 6.25. The van der Waals surface area contributed by atoms with Crippen LogP contribution in [0.25, 0.3) is 0 Å². The third kappa shape index (κ3) is 996. The first-order valence-electron chi connectivity index (χ1n) is 0.862. The molecule has 61 valence electrons. The summed E-state index contributed by atoms with van der Waals surface area (Å²) >= 11 is 0. The van der Waals surface area contributed by atoms with E-state index in [1.54, 1.807) is 0 Å². The Kier molecular flexibility index (Phi) is 8560. The van der Waals surface area contributed by atoms with E-state index in [1.807, 2.05) is 0 Å². The van der Waals surface area contributed by atoms with Crippen LogP contribution in [0, 0.1) is 21.8 Å². The minimum atomic E-state index is 0. The van der Waals surface area contributed by atoms with Crippen molar-refractivity contribution in [1.82, 2.24) is 0 Å². The summed E-state index contributed by atoms with van der Waals surface area (Å²) in [4.78, 5) is 29.5. The minimum Gasteiger partial charge on any atom is -0.545 e. The maximum Gasteiger partial charge on any atom is 3.00 e. The van der Waals surface area contributed by atoms with Crippen molar-refractivity contribution in [3.63, 3.8) is 0 Å². The molecule has 0 N–H and O–H groups in total. The van der Waals surface area contributed by atoms with E-state index in [4.69, 9.17) is 31.4 Å². The van der Waals surface area contributed by atoms with E-state index in [-0.39, 0.29) is 33.6 Å². The molecule has 1 radical (unpaired) electrons. The zero-order chi connectivity index (χ0) is 8.00. The molecule has 0 aromatic rings. The molecule has 0 aliphatic rings. The van der Waals surface area contributed by atoms with Gasteiger partial charge in [0.05, 0.1) is 0 Å². The van der Waals surface area contributed by atoms with E-state index in [0.717, 1.165) is 0 Å². The van der Waals surface area contributed by atoms with Gasteiger partial charge in [-0.25, -0.2) is 0 Å². The Hall–Kier alpha value is -0.557. The number of rotatable bonds is 0. The normalized spacial score (nSPS) is 1.40. The summed E-state index contributed by atoms with van der Waals surface area (Å²) in [5.74, 6) is 0. The van der Waals surface area contributed by atoms with Gasteiger partial charge in [-0.05, 0) is 0 Å². The van der Waals surface area contributed by atoms with Gasteiger partial charge in [0.15, 0.2) is 0 Å². The average molecular weight is 231 g/mol. The maximum atomic E-state index is 7.75. The van der Waals surface area contributed by atoms with Crippen molar-refractivity contribution >= 4 is 13.6 Å². The van der Waals surface area contributed by atoms with Crippen molar-refractivity contribution in [1.29, 1.82) is 5.26 Å². The van der Waals surface area contributed by atoms with Gasteiger partial charge in [-0.1, -0.05) is 0 Å². The van der Waals surface area contributed by atoms with Crippen molar-refractivity contribution < 1.29 is 43.1 Å². The van der Waals surface area contributed by atoms with Gasteiger partial charge < -0.3 is 21.4 Å². The van der Waals surface area contributed by atoms with Gasteiger partial charge >= 0.3 is 17.1 Å². The van der Waals surface area contributed by atoms with E-state index >= 15 is 0 Å². The van der Waals surface area contributed by atoms with Crippen LogP contribution in [0.15, 0.2) is 0 Å². The van der Waals surface area contributed by atoms with Gasteiger partial charge in [0.1, 0.15) is 0 Å². The molecule has 5 nitrogen and oxygen atoms in total. The standard InChI is InChI=1S/CN.2CHO.Fe.Ni.O2/c3*1-2;;;1-2/h;2*1H;;;/q3*-1;+3;;. The van der Waals surface area contributed by atoms with Crippen LogP contribution in [0.3, 0.4) is 0 Å². The molecule has 0 fully saturated rings. The van der Waals surface area contributed by atoms with Crippen LogP contribution in [0.2, 0.25) is 0 Å². The van der Waals surface area contributed by atoms with E-state index in [1.165, 1.54) is 0 Å². The third-order valence-electron chi connectivity index (χ3n) is 0. The number of hydrogen-bond donors (Lipinski definition) is 0. The van der Waals surface area contributed by atoms with Crippen LogP contribution in [-0.2, 0) is 43.1 Å². The van der Waals surface area contributed by atoms with E-state index in [9.17, 15) is 0 Å². The summed E-state index contributed by atoms with van der Waals surface area (Å²) < 4.78 is 0. The Morgan fingerprint density at radius 1 is 0.900 bits per heavy atom. The van der Waals surface area contributed by atoms with Crippen molar-refractivity contribution in [3.8, 4) is 0 Å². The molecular formula is C3H2FeNNiO4. The first-order chi connectivity index (χ1) is 4.00. The summed E-state index contributed by atoms with van der Waals surface area (Å²) in [6, 6.07) is 0. The van der Waals surface area contributed by atoms with Crippen LogP contribution >= 0.6 is 0 Å². The van der Waals surface area contributed by atoms with Gasteiger partial charge in [-0.3, -0.25) is 13.6 Å². The monoisotopic (exact) mass is 230 g/mol. The molecule has 0 bridgehead atoms. The predicted octanol–water partition coefficient (Wildman–Crippen LogP) is -0.390. The second-order valence-corrected chi connectivity index (χ2v) is 0. The van der Waals surface area contributed by atoms with Gasteiger partial charge in [-0.2, -0.15) is 0 Å². The van der Waals surface area contributed by atoms with Gasteiger partial charge in [0, 0.05) is 26.4 Å². The Morgan fingerprint density at radius 3 is 0.900 bits per heavy atom. The Balaban J connectivity index is -0.00000000500. The van der Waals surface area contributed by atoms with Crippen molar-refractivity contribution in [2.75, 3.05) is 0 Å². The maximum absolute atomic E-state index is 7.75. The molecule has 0 atom stereocenters. The molecule has 10 heavy (non-hydrogen) atoms. The summed E-state index contributed by atoms with van der Waals surface area (Å²) in [5.41, 5.74) is 0. The molecule has 0 aliphatic carbocycles. The Morgan fingerprint density at radius 2 is 0.900 bits per heavy atom. The molecule has 0 heterocycles. The van der Waals surface area contributed by atoms with Gasteiger partial charge in [-0.15, -0.1) is 0 Å². The van der Waals surface area contributed by atoms with E-state index in [2.05, 4.69) is 13.6 Å². The summed E-state index contributed by atoms with van der Waals surface area (Å²) in [7, 11) is 0. The molecule has 0 aliphatic heterocycles. The van der Waals surface area contributed by atoms with Crippen LogP contribution in [0.1, 0.15) is 0 Å². The number of hydrogen-bond acceptors (Lipinski definition) is 5. The average Bonchev–Trinajstić information content (AvgIpc) is 2.03. The first-order valence-corrected chi connectivity index (χ1v) is 0.862. The summed E-state index contributed by atoms with van der Waals surface area (Å²) in [6.07, 6.45) is 0. The third-order valence-corrected chi connectivity index (χ3v) is 0. The molecule has 0 spiro atoms. The second-order valence-electron chi connectivity index (χ2n) is 0. The smallest absolute Gasteiger partial charge is 0.545 e. The van der Waals surface area contributed by atoms with Gasteiger partial charge in [0.2, 0.25) is 0 Å². The quantitative estimate of drug-likeness (QED) is 0.321. The minimum absolute atomic E-state index is 0. The fraction of sp³-hybridized carbons (Fsp3) is 0. The zero-order valence-electron chi connectivity index (χ0n) is 4.40. The molecule has 7 heteroatoms. The fourth-order valence-corrected chi connectivity index (χ4v) is 0. The molecule has 0 aromatic heterocycles. The van der Waals surface area contributed by atoms with Crippen LogP contribution in [-0.4, -0.2) is 13.6 Å². The topological polar surface area (TPSA) is 92.1 Å². The Labute approximate surface area is 78.8 Å².